The molecule has 0 atom stereocenters. The highest BCUT2D eigenvalue weighted by molar-refractivity contribution is 9.11. The molecule has 0 saturated carbocycles. The lowest BCUT2D eigenvalue weighted by Crippen LogP contribution is -2.16. The summed E-state index contributed by atoms with van der Waals surface area (Å²) in [5.41, 5.74) is -0.314. The van der Waals surface area contributed by atoms with Crippen molar-refractivity contribution in [1.82, 2.24) is 0 Å². The van der Waals surface area contributed by atoms with E-state index in [0.717, 1.165) is 23.5 Å². The normalized spacial score (nSPS) is 11.4. The Morgan fingerprint density at radius 2 is 2.10 bits per heavy atom. The molecule has 112 valence electrons. The van der Waals surface area contributed by atoms with Crippen LogP contribution in [0.15, 0.2) is 32.3 Å². The van der Waals surface area contributed by atoms with E-state index < -0.39 is 33.1 Å². The van der Waals surface area contributed by atoms with Crippen LogP contribution in [-0.2, 0) is 10.0 Å². The molecule has 0 amide bonds. The first-order chi connectivity index (χ1) is 9.72. The molecule has 9 heteroatoms. The third kappa shape index (κ3) is 3.25. The summed E-state index contributed by atoms with van der Waals surface area (Å²) in [4.78, 5) is 11.0. The number of rotatable bonds is 4. The molecule has 2 aromatic rings. The van der Waals surface area contributed by atoms with Gasteiger partial charge >= 0.3 is 5.97 Å². The van der Waals surface area contributed by atoms with Gasteiger partial charge in [0.25, 0.3) is 10.0 Å². The van der Waals surface area contributed by atoms with E-state index in [0.29, 0.717) is 9.35 Å². The summed E-state index contributed by atoms with van der Waals surface area (Å²) in [5, 5.41) is 9.00. The van der Waals surface area contributed by atoms with Crippen LogP contribution in [0.4, 0.5) is 10.1 Å². The second-order valence-electron chi connectivity index (χ2n) is 4.10. The SMILES string of the molecule is Cc1cc(S(=O)(=O)Nc2c(F)cccc2C(=O)O)sc1Br. The number of benzene rings is 1. The summed E-state index contributed by atoms with van der Waals surface area (Å²) in [6.07, 6.45) is 0. The number of hydrogen-bond acceptors (Lipinski definition) is 4. The van der Waals surface area contributed by atoms with Crippen LogP contribution in [0.25, 0.3) is 0 Å². The Morgan fingerprint density at radius 3 is 2.62 bits per heavy atom. The molecule has 2 N–H and O–H groups in total. The van der Waals surface area contributed by atoms with Gasteiger partial charge in [0.1, 0.15) is 10.0 Å². The molecule has 1 heterocycles. The van der Waals surface area contributed by atoms with E-state index in [1.54, 1.807) is 6.92 Å². The van der Waals surface area contributed by atoms with Gasteiger partial charge in [-0.1, -0.05) is 6.07 Å². The van der Waals surface area contributed by atoms with Crippen LogP contribution in [0.3, 0.4) is 0 Å². The van der Waals surface area contributed by atoms with Crippen molar-refractivity contribution in [2.75, 3.05) is 4.72 Å². The van der Waals surface area contributed by atoms with Crippen molar-refractivity contribution in [3.8, 4) is 0 Å². The minimum Gasteiger partial charge on any atom is -0.478 e. The molecule has 0 spiro atoms. The predicted octanol–water partition coefficient (Wildman–Crippen LogP) is 3.46. The highest BCUT2D eigenvalue weighted by Crippen LogP contribution is 2.32. The standard InChI is InChI=1S/C12H9BrFNO4S2/c1-6-5-9(20-11(6)13)21(18,19)15-10-7(12(16)17)3-2-4-8(10)14/h2-5,15H,1H3,(H,16,17). The maximum absolute atomic E-state index is 13.7. The Hall–Kier alpha value is -1.45. The summed E-state index contributed by atoms with van der Waals surface area (Å²) in [5.74, 6) is -2.37. The Labute approximate surface area is 132 Å². The van der Waals surface area contributed by atoms with Gasteiger partial charge in [0.05, 0.1) is 15.0 Å². The summed E-state index contributed by atoms with van der Waals surface area (Å²) >= 11 is 4.16. The zero-order valence-corrected chi connectivity index (χ0v) is 13.8. The van der Waals surface area contributed by atoms with Crippen molar-refractivity contribution < 1.29 is 22.7 Å². The highest BCUT2D eigenvalue weighted by Gasteiger charge is 2.23. The molecule has 0 radical (unpaired) electrons. The van der Waals surface area contributed by atoms with E-state index >= 15 is 0 Å². The van der Waals surface area contributed by atoms with Crippen molar-refractivity contribution in [1.29, 1.82) is 0 Å². The summed E-state index contributed by atoms with van der Waals surface area (Å²) in [6.45, 7) is 1.71. The van der Waals surface area contributed by atoms with Gasteiger partial charge in [-0.3, -0.25) is 4.72 Å². The Bertz CT molecular complexity index is 797. The second kappa shape index (κ2) is 5.74. The largest absolute Gasteiger partial charge is 0.478 e. The van der Waals surface area contributed by atoms with Crippen LogP contribution < -0.4 is 4.72 Å². The Balaban J connectivity index is 2.49. The third-order valence-electron chi connectivity index (χ3n) is 2.58. The number of hydrogen-bond donors (Lipinski definition) is 2. The average molecular weight is 394 g/mol. The van der Waals surface area contributed by atoms with Gasteiger partial charge in [0.15, 0.2) is 0 Å². The molecule has 0 saturated heterocycles. The zero-order valence-electron chi connectivity index (χ0n) is 10.6. The van der Waals surface area contributed by atoms with Crippen LogP contribution in [-0.4, -0.2) is 19.5 Å². The number of para-hydroxylation sites is 1. The van der Waals surface area contributed by atoms with Gasteiger partial charge in [-0.05, 0) is 46.6 Å². The van der Waals surface area contributed by atoms with E-state index in [1.165, 1.54) is 12.1 Å². The third-order valence-corrected chi connectivity index (χ3v) is 6.54. The number of anilines is 1. The number of carboxylic acid groups (broad SMARTS) is 1. The average Bonchev–Trinajstić information content (AvgIpc) is 2.72. The monoisotopic (exact) mass is 393 g/mol. The van der Waals surface area contributed by atoms with Gasteiger partial charge in [-0.2, -0.15) is 0 Å². The summed E-state index contributed by atoms with van der Waals surface area (Å²) < 4.78 is 40.8. The summed E-state index contributed by atoms with van der Waals surface area (Å²) in [7, 11) is -4.06. The second-order valence-corrected chi connectivity index (χ2v) is 8.37. The van der Waals surface area contributed by atoms with Gasteiger partial charge in [0, 0.05) is 0 Å². The molecule has 0 aliphatic heterocycles. The molecule has 0 bridgehead atoms. The number of aryl methyl sites for hydroxylation is 1. The molecule has 0 unspecified atom stereocenters. The fraction of sp³-hybridized carbons (Fsp3) is 0.0833. The fourth-order valence-corrected chi connectivity index (χ4v) is 4.87. The molecule has 1 aromatic carbocycles. The Morgan fingerprint density at radius 1 is 1.43 bits per heavy atom. The van der Waals surface area contributed by atoms with Crippen LogP contribution in [0.5, 0.6) is 0 Å². The molecule has 2 rings (SSSR count). The van der Waals surface area contributed by atoms with Gasteiger partial charge in [-0.15, -0.1) is 11.3 Å². The lowest BCUT2D eigenvalue weighted by atomic mass is 10.2. The molecule has 0 aliphatic rings. The van der Waals surface area contributed by atoms with E-state index in [-0.39, 0.29) is 4.21 Å². The number of halogens is 2. The minimum absolute atomic E-state index is 0.0357. The Kier molecular flexibility index (Phi) is 4.35. The first-order valence-electron chi connectivity index (χ1n) is 5.53. The van der Waals surface area contributed by atoms with Crippen molar-refractivity contribution in [3.63, 3.8) is 0 Å². The first kappa shape index (κ1) is 15.9. The number of thiophene rings is 1. The number of carbonyl (C=O) groups is 1. The maximum atomic E-state index is 13.7. The van der Waals surface area contributed by atoms with Crippen molar-refractivity contribution in [2.24, 2.45) is 0 Å². The van der Waals surface area contributed by atoms with Gasteiger partial charge in [-0.25, -0.2) is 17.6 Å². The van der Waals surface area contributed by atoms with Crippen LogP contribution in [0.2, 0.25) is 0 Å². The van der Waals surface area contributed by atoms with E-state index in [9.17, 15) is 17.6 Å². The number of sulfonamides is 1. The smallest absolute Gasteiger partial charge is 0.337 e. The molecule has 1 aromatic heterocycles. The van der Waals surface area contributed by atoms with Gasteiger partial charge < -0.3 is 5.11 Å². The molecular formula is C12H9BrFNO4S2. The van der Waals surface area contributed by atoms with Crippen molar-refractivity contribution >= 4 is 48.9 Å². The van der Waals surface area contributed by atoms with E-state index in [1.807, 2.05) is 4.72 Å². The lowest BCUT2D eigenvalue weighted by Gasteiger charge is -2.10. The first-order valence-corrected chi connectivity index (χ1v) is 8.62. The van der Waals surface area contributed by atoms with Crippen LogP contribution in [0.1, 0.15) is 15.9 Å². The zero-order chi connectivity index (χ0) is 15.8. The number of aromatic carboxylic acids is 1. The maximum Gasteiger partial charge on any atom is 0.337 e. The lowest BCUT2D eigenvalue weighted by molar-refractivity contribution is 0.0697. The number of nitrogens with one attached hydrogen (secondary N) is 1. The highest BCUT2D eigenvalue weighted by atomic mass is 79.9. The molecule has 5 nitrogen and oxygen atoms in total. The van der Waals surface area contributed by atoms with Crippen LogP contribution >= 0.6 is 27.3 Å². The quantitative estimate of drug-likeness (QED) is 0.832. The topological polar surface area (TPSA) is 83.5 Å². The van der Waals surface area contributed by atoms with Crippen molar-refractivity contribution in [3.05, 3.63) is 45.0 Å². The summed E-state index contributed by atoms with van der Waals surface area (Å²) in [6, 6.07) is 4.72. The fourth-order valence-electron chi connectivity index (χ4n) is 1.55. The van der Waals surface area contributed by atoms with E-state index in [2.05, 4.69) is 15.9 Å². The minimum atomic E-state index is -4.06. The molecule has 0 fully saturated rings. The van der Waals surface area contributed by atoms with Crippen molar-refractivity contribution in [2.45, 2.75) is 11.1 Å². The number of carboxylic acids is 1. The molecular weight excluding hydrogens is 385 g/mol. The van der Waals surface area contributed by atoms with E-state index in [4.69, 9.17) is 5.11 Å². The molecule has 0 aliphatic carbocycles. The van der Waals surface area contributed by atoms with Gasteiger partial charge in [0.2, 0.25) is 0 Å². The molecule has 21 heavy (non-hydrogen) atoms. The van der Waals surface area contributed by atoms with Crippen LogP contribution in [0, 0.1) is 12.7 Å². The predicted molar refractivity (Wildman–Crippen MR) is 80.9 cm³/mol.